The molecule has 0 atom stereocenters. The number of hydrogen-bond donors (Lipinski definition) is 1. The van der Waals surface area contributed by atoms with E-state index in [0.29, 0.717) is 16.4 Å². The van der Waals surface area contributed by atoms with Crippen LogP contribution in [0.1, 0.15) is 5.56 Å². The molecule has 2 aromatic carbocycles. The fourth-order valence-electron chi connectivity index (χ4n) is 1.87. The number of amidine groups is 1. The molecule has 0 aliphatic carbocycles. The third-order valence-corrected chi connectivity index (χ3v) is 4.33. The molecule has 1 aliphatic heterocycles. The summed E-state index contributed by atoms with van der Waals surface area (Å²) in [6, 6.07) is 13.7. The van der Waals surface area contributed by atoms with Gasteiger partial charge in [-0.25, -0.2) is 0 Å². The molecule has 4 nitrogen and oxygen atoms in total. The van der Waals surface area contributed by atoms with Gasteiger partial charge in [-0.1, -0.05) is 23.7 Å². The van der Waals surface area contributed by atoms with Crippen LogP contribution in [0.25, 0.3) is 0 Å². The van der Waals surface area contributed by atoms with Gasteiger partial charge in [0.25, 0.3) is 10.0 Å². The van der Waals surface area contributed by atoms with Crippen molar-refractivity contribution in [2.75, 3.05) is 5.32 Å². The Bertz CT molecular complexity index is 767. The lowest BCUT2D eigenvalue weighted by atomic mass is 10.2. The summed E-state index contributed by atoms with van der Waals surface area (Å²) >= 11 is 5.80. The lowest BCUT2D eigenvalue weighted by Gasteiger charge is -2.06. The van der Waals surface area contributed by atoms with Crippen molar-refractivity contribution in [3.8, 4) is 0 Å². The molecule has 0 fully saturated rings. The van der Waals surface area contributed by atoms with E-state index in [2.05, 4.69) is 9.71 Å². The Hall–Kier alpha value is -1.85. The zero-order valence-corrected chi connectivity index (χ0v) is 11.2. The van der Waals surface area contributed by atoms with Gasteiger partial charge < -0.3 is 5.32 Å². The fourth-order valence-corrected chi connectivity index (χ4v) is 3.17. The van der Waals surface area contributed by atoms with Gasteiger partial charge in [-0.3, -0.25) is 0 Å². The summed E-state index contributed by atoms with van der Waals surface area (Å²) in [7, 11) is -3.58. The summed E-state index contributed by atoms with van der Waals surface area (Å²) in [6.07, 6.45) is 0. The largest absolute Gasteiger partial charge is 0.339 e. The van der Waals surface area contributed by atoms with E-state index in [1.165, 1.54) is 0 Å². The number of hydrogen-bond acceptors (Lipinski definition) is 3. The van der Waals surface area contributed by atoms with Crippen LogP contribution in [0, 0.1) is 0 Å². The summed E-state index contributed by atoms with van der Waals surface area (Å²) < 4.78 is 27.5. The standard InChI is InChI=1S/C13H9ClN2O2S/c14-9-5-7-10(8-6-9)15-13-11-3-1-2-4-12(11)19(17,18)16-13/h1-8H,(H,15,16). The fraction of sp³-hybridized carbons (Fsp3) is 0. The molecule has 1 heterocycles. The zero-order valence-electron chi connectivity index (χ0n) is 9.67. The molecule has 1 aliphatic rings. The van der Waals surface area contributed by atoms with E-state index in [-0.39, 0.29) is 4.90 Å². The minimum Gasteiger partial charge on any atom is -0.339 e. The van der Waals surface area contributed by atoms with Gasteiger partial charge in [-0.2, -0.15) is 8.42 Å². The van der Waals surface area contributed by atoms with Gasteiger partial charge in [0.05, 0.1) is 0 Å². The van der Waals surface area contributed by atoms with Crippen LogP contribution in [0.2, 0.25) is 5.02 Å². The first-order valence-corrected chi connectivity index (χ1v) is 7.35. The quantitative estimate of drug-likeness (QED) is 0.879. The number of nitrogens with one attached hydrogen (secondary N) is 1. The Balaban J connectivity index is 2.01. The van der Waals surface area contributed by atoms with Crippen LogP contribution in [-0.2, 0) is 10.0 Å². The van der Waals surface area contributed by atoms with Crippen molar-refractivity contribution < 1.29 is 8.42 Å². The van der Waals surface area contributed by atoms with Crippen molar-refractivity contribution in [2.24, 2.45) is 4.40 Å². The summed E-state index contributed by atoms with van der Waals surface area (Å²) in [5.74, 6) is 0.331. The highest BCUT2D eigenvalue weighted by molar-refractivity contribution is 7.90. The molecule has 2 aromatic rings. The summed E-state index contributed by atoms with van der Waals surface area (Å²) in [5.41, 5.74) is 1.31. The van der Waals surface area contributed by atoms with Gasteiger partial charge in [0, 0.05) is 16.3 Å². The predicted molar refractivity (Wildman–Crippen MR) is 75.2 cm³/mol. The number of halogens is 1. The molecule has 19 heavy (non-hydrogen) atoms. The van der Waals surface area contributed by atoms with Gasteiger partial charge in [0.2, 0.25) is 0 Å². The zero-order chi connectivity index (χ0) is 13.5. The Labute approximate surface area is 115 Å². The van der Waals surface area contributed by atoms with E-state index in [4.69, 9.17) is 11.6 Å². The molecule has 0 saturated heterocycles. The molecular weight excluding hydrogens is 284 g/mol. The number of nitrogens with zero attached hydrogens (tertiary/aromatic N) is 1. The highest BCUT2D eigenvalue weighted by Crippen LogP contribution is 2.26. The van der Waals surface area contributed by atoms with E-state index in [0.717, 1.165) is 5.69 Å². The van der Waals surface area contributed by atoms with Crippen LogP contribution in [0.3, 0.4) is 0 Å². The third kappa shape index (κ3) is 2.22. The van der Waals surface area contributed by atoms with Gasteiger partial charge in [-0.15, -0.1) is 4.40 Å². The average molecular weight is 293 g/mol. The molecule has 6 heteroatoms. The van der Waals surface area contributed by atoms with E-state index < -0.39 is 10.0 Å². The Morgan fingerprint density at radius 2 is 1.68 bits per heavy atom. The van der Waals surface area contributed by atoms with Crippen molar-refractivity contribution in [3.05, 3.63) is 59.1 Å². The van der Waals surface area contributed by atoms with Crippen LogP contribution in [0.15, 0.2) is 57.8 Å². The maximum absolute atomic E-state index is 11.9. The normalized spacial score (nSPS) is 15.7. The molecule has 0 radical (unpaired) electrons. The summed E-state index contributed by atoms with van der Waals surface area (Å²) in [6.45, 7) is 0. The lowest BCUT2D eigenvalue weighted by molar-refractivity contribution is 0.599. The maximum Gasteiger partial charge on any atom is 0.285 e. The SMILES string of the molecule is O=S1(=O)N=C(Nc2ccc(Cl)cc2)c2ccccc21. The van der Waals surface area contributed by atoms with Crippen molar-refractivity contribution in [1.29, 1.82) is 0 Å². The number of benzene rings is 2. The van der Waals surface area contributed by atoms with Gasteiger partial charge in [0.1, 0.15) is 4.90 Å². The highest BCUT2D eigenvalue weighted by Gasteiger charge is 2.28. The smallest absolute Gasteiger partial charge is 0.285 e. The topological polar surface area (TPSA) is 58.5 Å². The van der Waals surface area contributed by atoms with Crippen molar-refractivity contribution in [2.45, 2.75) is 4.90 Å². The first-order chi connectivity index (χ1) is 9.06. The Morgan fingerprint density at radius 1 is 1.00 bits per heavy atom. The van der Waals surface area contributed by atoms with Crippen LogP contribution in [-0.4, -0.2) is 14.3 Å². The van der Waals surface area contributed by atoms with Gasteiger partial charge in [-0.05, 0) is 36.4 Å². The van der Waals surface area contributed by atoms with Crippen LogP contribution < -0.4 is 5.32 Å². The minimum absolute atomic E-state index is 0.228. The van der Waals surface area contributed by atoms with E-state index in [1.54, 1.807) is 48.5 Å². The third-order valence-electron chi connectivity index (χ3n) is 2.74. The van der Waals surface area contributed by atoms with Crippen LogP contribution >= 0.6 is 11.6 Å². The van der Waals surface area contributed by atoms with E-state index in [9.17, 15) is 8.42 Å². The van der Waals surface area contributed by atoms with Gasteiger partial charge in [0.15, 0.2) is 5.84 Å². The molecule has 96 valence electrons. The second kappa shape index (κ2) is 4.36. The molecule has 0 unspecified atom stereocenters. The maximum atomic E-state index is 11.9. The molecule has 0 saturated carbocycles. The van der Waals surface area contributed by atoms with Crippen LogP contribution in [0.5, 0.6) is 0 Å². The number of rotatable bonds is 1. The van der Waals surface area contributed by atoms with Crippen LogP contribution in [0.4, 0.5) is 5.69 Å². The summed E-state index contributed by atoms with van der Waals surface area (Å²) in [5, 5.41) is 3.61. The molecule has 0 aromatic heterocycles. The predicted octanol–water partition coefficient (Wildman–Crippen LogP) is 2.90. The molecule has 0 spiro atoms. The van der Waals surface area contributed by atoms with Crippen molar-refractivity contribution in [1.82, 2.24) is 0 Å². The Morgan fingerprint density at radius 3 is 2.42 bits per heavy atom. The molecular formula is C13H9ClN2O2S. The average Bonchev–Trinajstić information content (AvgIpc) is 2.65. The molecule has 3 rings (SSSR count). The lowest BCUT2D eigenvalue weighted by Crippen LogP contribution is -2.11. The first-order valence-electron chi connectivity index (χ1n) is 5.53. The van der Waals surface area contributed by atoms with Gasteiger partial charge >= 0.3 is 0 Å². The first kappa shape index (κ1) is 12.2. The number of sulfonamides is 1. The van der Waals surface area contributed by atoms with Crippen molar-refractivity contribution >= 4 is 33.1 Å². The molecule has 1 N–H and O–H groups in total. The van der Waals surface area contributed by atoms with E-state index >= 15 is 0 Å². The minimum atomic E-state index is -3.58. The highest BCUT2D eigenvalue weighted by atomic mass is 35.5. The second-order valence-electron chi connectivity index (χ2n) is 4.04. The Kier molecular flexibility index (Phi) is 2.80. The number of anilines is 1. The molecule has 0 bridgehead atoms. The second-order valence-corrected chi connectivity index (χ2v) is 6.05. The number of fused-ring (bicyclic) bond motifs is 1. The monoisotopic (exact) mass is 292 g/mol. The van der Waals surface area contributed by atoms with E-state index in [1.807, 2.05) is 0 Å². The van der Waals surface area contributed by atoms with Crippen molar-refractivity contribution in [3.63, 3.8) is 0 Å². The molecule has 0 amide bonds. The summed E-state index contributed by atoms with van der Waals surface area (Å²) in [4.78, 5) is 0.228.